The van der Waals surface area contributed by atoms with Crippen LogP contribution in [0.3, 0.4) is 0 Å². The van der Waals surface area contributed by atoms with E-state index < -0.39 is 0 Å². The number of aryl methyl sites for hydroxylation is 1. The third-order valence-corrected chi connectivity index (χ3v) is 6.74. The van der Waals surface area contributed by atoms with E-state index in [2.05, 4.69) is 38.1 Å². The zero-order chi connectivity index (χ0) is 31.4. The van der Waals surface area contributed by atoms with Crippen LogP contribution in [0, 0.1) is 0 Å². The SMILES string of the molecule is CCCCCCCCCc1ccc(OCCOCCOCCOCCOCCOCCOCCOCCOCCCC)cc1. The molecule has 0 aromatic heterocycles. The minimum atomic E-state index is 0.532. The molecule has 0 N–H and O–H groups in total. The molecule has 0 saturated carbocycles. The molecule has 0 aliphatic carbocycles. The number of ether oxygens (including phenoxy) is 9. The van der Waals surface area contributed by atoms with E-state index in [-0.39, 0.29) is 0 Å². The molecule has 0 fully saturated rings. The van der Waals surface area contributed by atoms with Crippen LogP contribution in [0.25, 0.3) is 0 Å². The molecule has 0 aliphatic rings. The van der Waals surface area contributed by atoms with Crippen molar-refractivity contribution in [2.45, 2.75) is 78.1 Å². The highest BCUT2D eigenvalue weighted by molar-refractivity contribution is 5.27. The Morgan fingerprint density at radius 3 is 1.09 bits per heavy atom. The van der Waals surface area contributed by atoms with Crippen LogP contribution in [0.15, 0.2) is 24.3 Å². The Morgan fingerprint density at radius 1 is 0.341 bits per heavy atom. The average molecular weight is 629 g/mol. The first-order valence-corrected chi connectivity index (χ1v) is 17.2. The summed E-state index contributed by atoms with van der Waals surface area (Å²) in [6, 6.07) is 8.47. The van der Waals surface area contributed by atoms with Crippen LogP contribution in [-0.4, -0.2) is 112 Å². The molecule has 1 aromatic rings. The zero-order valence-electron chi connectivity index (χ0n) is 28.1. The second kappa shape index (κ2) is 34.6. The Hall–Kier alpha value is -1.30. The molecule has 0 bridgehead atoms. The number of hydrogen-bond acceptors (Lipinski definition) is 9. The number of rotatable bonds is 36. The number of benzene rings is 1. The Labute approximate surface area is 268 Å². The zero-order valence-corrected chi connectivity index (χ0v) is 28.1. The summed E-state index contributed by atoms with van der Waals surface area (Å²) >= 11 is 0. The molecule has 0 heterocycles. The van der Waals surface area contributed by atoms with Crippen LogP contribution in [-0.2, 0) is 44.3 Å². The van der Waals surface area contributed by atoms with Gasteiger partial charge in [0, 0.05) is 6.61 Å². The van der Waals surface area contributed by atoms with Crippen molar-refractivity contribution in [1.29, 1.82) is 0 Å². The fourth-order valence-electron chi connectivity index (χ4n) is 4.14. The van der Waals surface area contributed by atoms with Gasteiger partial charge in [-0.15, -0.1) is 0 Å². The molecule has 0 aliphatic heterocycles. The molecular weight excluding hydrogens is 564 g/mol. The highest BCUT2D eigenvalue weighted by Crippen LogP contribution is 2.15. The lowest BCUT2D eigenvalue weighted by Crippen LogP contribution is -2.15. The molecule has 0 spiro atoms. The predicted octanol–water partition coefficient (Wildman–Crippen LogP) is 6.29. The highest BCUT2D eigenvalue weighted by Gasteiger charge is 1.99. The number of unbranched alkanes of at least 4 members (excludes halogenated alkanes) is 7. The van der Waals surface area contributed by atoms with E-state index in [0.717, 1.165) is 31.6 Å². The van der Waals surface area contributed by atoms with Crippen molar-refractivity contribution in [2.24, 2.45) is 0 Å². The van der Waals surface area contributed by atoms with Gasteiger partial charge >= 0.3 is 0 Å². The third-order valence-electron chi connectivity index (χ3n) is 6.74. The van der Waals surface area contributed by atoms with Crippen LogP contribution in [0.1, 0.15) is 77.2 Å². The normalized spacial score (nSPS) is 11.4. The van der Waals surface area contributed by atoms with Crippen LogP contribution in [0.2, 0.25) is 0 Å². The summed E-state index contributed by atoms with van der Waals surface area (Å²) in [6.07, 6.45) is 12.8. The van der Waals surface area contributed by atoms with Gasteiger partial charge in [0.15, 0.2) is 0 Å². The van der Waals surface area contributed by atoms with Crippen LogP contribution >= 0.6 is 0 Å². The molecule has 1 aromatic carbocycles. The summed E-state index contributed by atoms with van der Waals surface area (Å²) in [5.41, 5.74) is 1.38. The molecule has 0 amide bonds. The lowest BCUT2D eigenvalue weighted by atomic mass is 10.0. The van der Waals surface area contributed by atoms with E-state index in [4.69, 9.17) is 42.6 Å². The van der Waals surface area contributed by atoms with Gasteiger partial charge < -0.3 is 42.6 Å². The topological polar surface area (TPSA) is 83.1 Å². The summed E-state index contributed by atoms with van der Waals surface area (Å²) in [4.78, 5) is 0. The van der Waals surface area contributed by atoms with Crippen molar-refractivity contribution in [2.75, 3.05) is 112 Å². The van der Waals surface area contributed by atoms with Gasteiger partial charge in [-0.2, -0.15) is 0 Å². The minimum Gasteiger partial charge on any atom is -0.491 e. The smallest absolute Gasteiger partial charge is 0.119 e. The first kappa shape index (κ1) is 40.7. The van der Waals surface area contributed by atoms with Crippen LogP contribution in [0.5, 0.6) is 5.75 Å². The molecule has 0 saturated heterocycles. The summed E-state index contributed by atoms with van der Waals surface area (Å²) in [6.45, 7) is 14.1. The largest absolute Gasteiger partial charge is 0.491 e. The maximum Gasteiger partial charge on any atom is 0.119 e. The van der Waals surface area contributed by atoms with E-state index in [0.29, 0.717) is 106 Å². The van der Waals surface area contributed by atoms with E-state index in [1.807, 2.05) is 0 Å². The van der Waals surface area contributed by atoms with Gasteiger partial charge in [0.1, 0.15) is 12.4 Å². The predicted molar refractivity (Wildman–Crippen MR) is 175 cm³/mol. The van der Waals surface area contributed by atoms with E-state index in [9.17, 15) is 0 Å². The van der Waals surface area contributed by atoms with E-state index in [1.165, 1.54) is 50.5 Å². The fraction of sp³-hybridized carbons (Fsp3) is 0.829. The van der Waals surface area contributed by atoms with E-state index >= 15 is 0 Å². The van der Waals surface area contributed by atoms with Crippen molar-refractivity contribution in [1.82, 2.24) is 0 Å². The van der Waals surface area contributed by atoms with Crippen molar-refractivity contribution >= 4 is 0 Å². The average Bonchev–Trinajstić information content (AvgIpc) is 3.04. The van der Waals surface area contributed by atoms with Crippen molar-refractivity contribution in [3.8, 4) is 5.75 Å². The highest BCUT2D eigenvalue weighted by atomic mass is 16.6. The molecule has 1 rings (SSSR count). The summed E-state index contributed by atoms with van der Waals surface area (Å²) in [7, 11) is 0. The Kier molecular flexibility index (Phi) is 32.0. The molecule has 0 unspecified atom stereocenters. The first-order valence-electron chi connectivity index (χ1n) is 17.2. The van der Waals surface area contributed by atoms with Gasteiger partial charge in [-0.1, -0.05) is 70.9 Å². The summed E-state index contributed by atoms with van der Waals surface area (Å²) < 4.78 is 49.7. The van der Waals surface area contributed by atoms with Crippen molar-refractivity contribution in [3.05, 3.63) is 29.8 Å². The molecule has 0 atom stereocenters. The van der Waals surface area contributed by atoms with Crippen LogP contribution < -0.4 is 4.74 Å². The lowest BCUT2D eigenvalue weighted by molar-refractivity contribution is -0.0236. The van der Waals surface area contributed by atoms with Crippen LogP contribution in [0.4, 0.5) is 0 Å². The number of hydrogen-bond donors (Lipinski definition) is 0. The quantitative estimate of drug-likeness (QED) is 0.0796. The second-order valence-corrected chi connectivity index (χ2v) is 10.6. The fourth-order valence-corrected chi connectivity index (χ4v) is 4.14. The molecule has 9 nitrogen and oxygen atoms in total. The summed E-state index contributed by atoms with van der Waals surface area (Å²) in [5.74, 6) is 0.892. The monoisotopic (exact) mass is 628 g/mol. The van der Waals surface area contributed by atoms with Gasteiger partial charge in [-0.3, -0.25) is 0 Å². The third kappa shape index (κ3) is 29.4. The van der Waals surface area contributed by atoms with Gasteiger partial charge in [0.2, 0.25) is 0 Å². The van der Waals surface area contributed by atoms with Crippen molar-refractivity contribution in [3.63, 3.8) is 0 Å². The van der Waals surface area contributed by atoms with Gasteiger partial charge in [0.25, 0.3) is 0 Å². The van der Waals surface area contributed by atoms with Gasteiger partial charge in [-0.25, -0.2) is 0 Å². The summed E-state index contributed by atoms with van der Waals surface area (Å²) in [5, 5.41) is 0. The molecular formula is C35H64O9. The van der Waals surface area contributed by atoms with E-state index in [1.54, 1.807) is 0 Å². The maximum absolute atomic E-state index is 5.78. The standard InChI is InChI=1S/C35H64O9/c1-3-5-7-8-9-10-11-12-34-13-15-35(16-14-34)44-33-32-43-31-30-42-29-28-41-27-26-40-25-24-39-23-22-38-21-20-37-19-18-36-17-6-4-2/h13-16H,3-12,17-33H2,1-2H3. The molecule has 258 valence electrons. The van der Waals surface area contributed by atoms with Crippen molar-refractivity contribution < 1.29 is 42.6 Å². The Morgan fingerprint density at radius 2 is 0.682 bits per heavy atom. The maximum atomic E-state index is 5.78. The Balaban J connectivity index is 1.73. The molecule has 0 radical (unpaired) electrons. The second-order valence-electron chi connectivity index (χ2n) is 10.6. The molecule has 9 heteroatoms. The Bertz CT molecular complexity index is 675. The van der Waals surface area contributed by atoms with Gasteiger partial charge in [-0.05, 0) is 37.0 Å². The first-order chi connectivity index (χ1) is 21.9. The minimum absolute atomic E-state index is 0.532. The van der Waals surface area contributed by atoms with Gasteiger partial charge in [0.05, 0.1) is 99.1 Å². The lowest BCUT2D eigenvalue weighted by Gasteiger charge is -2.09. The molecule has 44 heavy (non-hydrogen) atoms.